The number of aliphatic hydroxyl groups excluding tert-OH is 1. The third-order valence-electron chi connectivity index (χ3n) is 7.51. The molecular formula is C33H39N7O3S. The molecule has 0 atom stereocenters. The number of nitrogens with zero attached hydrogens (tertiary/aromatic N) is 6. The summed E-state index contributed by atoms with van der Waals surface area (Å²) >= 11 is 1.53. The van der Waals surface area contributed by atoms with E-state index < -0.39 is 0 Å². The quantitative estimate of drug-likeness (QED) is 0.201. The van der Waals surface area contributed by atoms with Crippen LogP contribution in [0.15, 0.2) is 60.8 Å². The van der Waals surface area contributed by atoms with Crippen LogP contribution in [-0.4, -0.2) is 98.6 Å². The number of aromatic nitrogens is 2. The van der Waals surface area contributed by atoms with Crippen molar-refractivity contribution in [2.45, 2.75) is 6.42 Å². The van der Waals surface area contributed by atoms with E-state index in [0.717, 1.165) is 89.6 Å². The van der Waals surface area contributed by atoms with Gasteiger partial charge in [-0.3, -0.25) is 4.90 Å². The molecule has 0 amide bonds. The lowest BCUT2D eigenvalue weighted by atomic mass is 10.00. The summed E-state index contributed by atoms with van der Waals surface area (Å²) in [6, 6.07) is 19.8. The molecule has 1 fully saturated rings. The maximum atomic E-state index is 10.2. The molecule has 44 heavy (non-hydrogen) atoms. The van der Waals surface area contributed by atoms with E-state index in [-0.39, 0.29) is 6.61 Å². The van der Waals surface area contributed by atoms with E-state index in [9.17, 15) is 5.26 Å². The van der Waals surface area contributed by atoms with Crippen LogP contribution < -0.4 is 19.7 Å². The third kappa shape index (κ3) is 7.65. The van der Waals surface area contributed by atoms with Crippen LogP contribution in [0.25, 0.3) is 21.7 Å². The smallest absolute Gasteiger partial charge is 0.227 e. The highest BCUT2D eigenvalue weighted by Gasteiger charge is 2.23. The first-order chi connectivity index (χ1) is 21.5. The number of benzene rings is 2. The van der Waals surface area contributed by atoms with Crippen molar-refractivity contribution < 1.29 is 14.6 Å². The number of methoxy groups -OCH3 is 1. The van der Waals surface area contributed by atoms with E-state index in [1.54, 1.807) is 13.3 Å². The Labute approximate surface area is 263 Å². The van der Waals surface area contributed by atoms with Crippen LogP contribution in [-0.2, 0) is 0 Å². The van der Waals surface area contributed by atoms with Gasteiger partial charge in [-0.25, -0.2) is 9.97 Å². The molecule has 1 aliphatic heterocycles. The lowest BCUT2D eigenvalue weighted by molar-refractivity contribution is 0.108. The van der Waals surface area contributed by atoms with Crippen LogP contribution in [0, 0.1) is 11.3 Å². The van der Waals surface area contributed by atoms with Crippen molar-refractivity contribution in [2.24, 2.45) is 0 Å². The summed E-state index contributed by atoms with van der Waals surface area (Å²) < 4.78 is 11.5. The predicted molar refractivity (Wildman–Crippen MR) is 176 cm³/mol. The van der Waals surface area contributed by atoms with Crippen molar-refractivity contribution in [1.82, 2.24) is 19.8 Å². The molecule has 3 heterocycles. The first-order valence-electron chi connectivity index (χ1n) is 14.8. The van der Waals surface area contributed by atoms with Crippen molar-refractivity contribution in [3.63, 3.8) is 0 Å². The number of rotatable bonds is 13. The molecule has 0 saturated carbocycles. The van der Waals surface area contributed by atoms with Gasteiger partial charge in [-0.2, -0.15) is 5.26 Å². The van der Waals surface area contributed by atoms with Crippen molar-refractivity contribution in [3.05, 3.63) is 66.4 Å². The Kier molecular flexibility index (Phi) is 10.6. The Morgan fingerprint density at radius 2 is 1.77 bits per heavy atom. The summed E-state index contributed by atoms with van der Waals surface area (Å²) in [5.74, 6) is 1.96. The molecule has 0 radical (unpaired) electrons. The van der Waals surface area contributed by atoms with Crippen LogP contribution in [0.5, 0.6) is 11.5 Å². The van der Waals surface area contributed by atoms with Crippen molar-refractivity contribution >= 4 is 28.0 Å². The lowest BCUT2D eigenvalue weighted by Crippen LogP contribution is -2.47. The molecule has 2 N–H and O–H groups in total. The highest BCUT2D eigenvalue weighted by Crippen LogP contribution is 2.46. The molecule has 4 aromatic rings. The summed E-state index contributed by atoms with van der Waals surface area (Å²) in [4.78, 5) is 16.9. The minimum absolute atomic E-state index is 0.222. The Hall–Kier alpha value is -4.21. The summed E-state index contributed by atoms with van der Waals surface area (Å²) in [6.45, 7) is 6.67. The number of β-amino-alcohol motifs (C(OH)–C–C–N with tert-alkyl or cyclic N) is 1. The number of nitriles is 1. The SMILES string of the molecule is COc1cccc(-c2c(-c3ccnc(Nc4cccc(OCCCN5CCN(CCO)CC5)c4)n3)sc(N(C)C)c2C#N)c1. The number of piperazine rings is 1. The van der Waals surface area contributed by atoms with Gasteiger partial charge >= 0.3 is 0 Å². The second kappa shape index (κ2) is 15.0. The third-order valence-corrected chi connectivity index (χ3v) is 8.89. The normalized spacial score (nSPS) is 13.8. The molecule has 0 aliphatic carbocycles. The van der Waals surface area contributed by atoms with Gasteiger partial charge < -0.3 is 29.7 Å². The first-order valence-corrected chi connectivity index (χ1v) is 15.6. The first kappa shape index (κ1) is 31.2. The summed E-state index contributed by atoms with van der Waals surface area (Å²) in [5.41, 5.74) is 3.87. The molecule has 0 unspecified atom stereocenters. The Morgan fingerprint density at radius 1 is 1.02 bits per heavy atom. The summed E-state index contributed by atoms with van der Waals surface area (Å²) in [6.07, 6.45) is 2.67. The van der Waals surface area contributed by atoms with E-state index in [1.165, 1.54) is 11.3 Å². The van der Waals surface area contributed by atoms with Crippen molar-refractivity contribution in [1.29, 1.82) is 5.26 Å². The standard InChI is InChI=1S/C33H39N7O3S/c1-38(2)32-28(23-34)30(24-7-4-9-26(21-24)42-3)31(44-32)29-11-12-35-33(37-29)36-25-8-5-10-27(22-25)43-20-6-13-39-14-16-40(17-15-39)18-19-41/h4-5,7-12,21-22,41H,6,13-20H2,1-3H3,(H,35,36,37). The molecule has 11 heteroatoms. The molecule has 0 bridgehead atoms. The number of hydrogen-bond donors (Lipinski definition) is 2. The second-order valence-electron chi connectivity index (χ2n) is 10.8. The molecule has 0 spiro atoms. The van der Waals surface area contributed by atoms with Gasteiger partial charge in [0.1, 0.15) is 22.6 Å². The van der Waals surface area contributed by atoms with Gasteiger partial charge in [0.2, 0.25) is 5.95 Å². The van der Waals surface area contributed by atoms with Crippen molar-refractivity contribution in [2.75, 3.05) is 83.9 Å². The number of ether oxygens (including phenoxy) is 2. The van der Waals surface area contributed by atoms with Crippen LogP contribution >= 0.6 is 11.3 Å². The zero-order valence-corrected chi connectivity index (χ0v) is 26.3. The van der Waals surface area contributed by atoms with Crippen LogP contribution in [0.1, 0.15) is 12.0 Å². The fourth-order valence-electron chi connectivity index (χ4n) is 5.27. The summed E-state index contributed by atoms with van der Waals surface area (Å²) in [5, 5.41) is 23.5. The van der Waals surface area contributed by atoms with Crippen LogP contribution in [0.2, 0.25) is 0 Å². The van der Waals surface area contributed by atoms with Crippen LogP contribution in [0.3, 0.4) is 0 Å². The average Bonchev–Trinajstić information content (AvgIpc) is 3.45. The number of nitrogens with one attached hydrogen (secondary N) is 1. The van der Waals surface area contributed by atoms with Gasteiger partial charge in [-0.05, 0) is 42.3 Å². The van der Waals surface area contributed by atoms with Gasteiger partial charge in [0.15, 0.2) is 0 Å². The maximum Gasteiger partial charge on any atom is 0.227 e. The van der Waals surface area contributed by atoms with Gasteiger partial charge in [0.25, 0.3) is 0 Å². The van der Waals surface area contributed by atoms with E-state index in [2.05, 4.69) is 26.2 Å². The number of hydrogen-bond acceptors (Lipinski definition) is 11. The maximum absolute atomic E-state index is 10.2. The van der Waals surface area contributed by atoms with Gasteiger partial charge in [0, 0.05) is 76.9 Å². The predicted octanol–water partition coefficient (Wildman–Crippen LogP) is 4.94. The van der Waals surface area contributed by atoms with Gasteiger partial charge in [0.05, 0.1) is 36.5 Å². The molecule has 2 aromatic heterocycles. The fraction of sp³-hybridized carbons (Fsp3) is 0.364. The largest absolute Gasteiger partial charge is 0.497 e. The minimum atomic E-state index is 0.222. The Balaban J connectivity index is 1.28. The zero-order chi connectivity index (χ0) is 30.9. The number of anilines is 3. The Morgan fingerprint density at radius 3 is 2.50 bits per heavy atom. The van der Waals surface area contributed by atoms with Crippen molar-refractivity contribution in [3.8, 4) is 39.3 Å². The molecule has 5 rings (SSSR count). The molecule has 10 nitrogen and oxygen atoms in total. The summed E-state index contributed by atoms with van der Waals surface area (Å²) in [7, 11) is 5.51. The van der Waals surface area contributed by atoms with E-state index >= 15 is 0 Å². The van der Waals surface area contributed by atoms with E-state index in [4.69, 9.17) is 19.6 Å². The minimum Gasteiger partial charge on any atom is -0.497 e. The average molecular weight is 614 g/mol. The van der Waals surface area contributed by atoms with E-state index in [1.807, 2.05) is 73.6 Å². The zero-order valence-electron chi connectivity index (χ0n) is 25.5. The number of thiophene rings is 1. The second-order valence-corrected chi connectivity index (χ2v) is 11.8. The molecule has 1 saturated heterocycles. The van der Waals surface area contributed by atoms with Crippen LogP contribution in [0.4, 0.5) is 16.6 Å². The number of aliphatic hydroxyl groups is 1. The lowest BCUT2D eigenvalue weighted by Gasteiger charge is -2.34. The molecule has 2 aromatic carbocycles. The molecule has 230 valence electrons. The van der Waals surface area contributed by atoms with E-state index in [0.29, 0.717) is 18.1 Å². The topological polar surface area (TPSA) is 110 Å². The van der Waals surface area contributed by atoms with Gasteiger partial charge in [-0.1, -0.05) is 18.2 Å². The van der Waals surface area contributed by atoms with Gasteiger partial charge in [-0.15, -0.1) is 11.3 Å². The highest BCUT2D eigenvalue weighted by atomic mass is 32.1. The molecular weight excluding hydrogens is 574 g/mol. The fourth-order valence-corrected chi connectivity index (χ4v) is 6.43. The monoisotopic (exact) mass is 613 g/mol. The Bertz CT molecular complexity index is 1580. The molecule has 1 aliphatic rings. The highest BCUT2D eigenvalue weighted by molar-refractivity contribution is 7.20.